The van der Waals surface area contributed by atoms with E-state index >= 15 is 0 Å². The van der Waals surface area contributed by atoms with Crippen molar-refractivity contribution in [3.8, 4) is 11.6 Å². The van der Waals surface area contributed by atoms with Gasteiger partial charge in [0.25, 0.3) is 5.88 Å². The van der Waals surface area contributed by atoms with Crippen molar-refractivity contribution in [3.05, 3.63) is 5.69 Å². The SMILES string of the molecule is CCCCCCCCCCNc1nc(C)c(OC)c(OC)n1. The van der Waals surface area contributed by atoms with Gasteiger partial charge in [0, 0.05) is 6.54 Å². The number of aryl methyl sites for hydroxylation is 1. The van der Waals surface area contributed by atoms with Crippen LogP contribution >= 0.6 is 0 Å². The van der Waals surface area contributed by atoms with E-state index in [1.54, 1.807) is 14.2 Å². The minimum atomic E-state index is 0.480. The van der Waals surface area contributed by atoms with Crippen molar-refractivity contribution in [2.24, 2.45) is 0 Å². The van der Waals surface area contributed by atoms with Crippen molar-refractivity contribution in [1.82, 2.24) is 9.97 Å². The van der Waals surface area contributed by atoms with E-state index in [0.29, 0.717) is 17.6 Å². The van der Waals surface area contributed by atoms with Crippen molar-refractivity contribution in [2.45, 2.75) is 65.2 Å². The third-order valence-corrected chi connectivity index (χ3v) is 3.71. The van der Waals surface area contributed by atoms with Gasteiger partial charge < -0.3 is 14.8 Å². The van der Waals surface area contributed by atoms with Crippen molar-refractivity contribution in [2.75, 3.05) is 26.1 Å². The number of rotatable bonds is 12. The zero-order valence-electron chi connectivity index (χ0n) is 14.6. The molecule has 5 heteroatoms. The number of methoxy groups -OCH3 is 2. The number of nitrogens with one attached hydrogen (secondary N) is 1. The molecule has 1 aromatic heterocycles. The summed E-state index contributed by atoms with van der Waals surface area (Å²) in [6.07, 6.45) is 10.5. The first-order valence-corrected chi connectivity index (χ1v) is 8.43. The molecule has 0 aliphatic rings. The summed E-state index contributed by atoms with van der Waals surface area (Å²) in [4.78, 5) is 8.71. The molecule has 0 atom stereocenters. The van der Waals surface area contributed by atoms with Gasteiger partial charge in [-0.05, 0) is 13.3 Å². The molecular formula is C17H31N3O2. The van der Waals surface area contributed by atoms with Crippen LogP contribution in [0.5, 0.6) is 11.6 Å². The minimum absolute atomic E-state index is 0.480. The van der Waals surface area contributed by atoms with Crippen molar-refractivity contribution in [1.29, 1.82) is 0 Å². The van der Waals surface area contributed by atoms with Crippen LogP contribution in [0.15, 0.2) is 0 Å². The second-order valence-corrected chi connectivity index (χ2v) is 5.58. The lowest BCUT2D eigenvalue weighted by Gasteiger charge is -2.11. The summed E-state index contributed by atoms with van der Waals surface area (Å²) in [5.74, 6) is 1.69. The van der Waals surface area contributed by atoms with Crippen LogP contribution in [0.25, 0.3) is 0 Å². The third kappa shape index (κ3) is 6.50. The van der Waals surface area contributed by atoms with Crippen molar-refractivity contribution < 1.29 is 9.47 Å². The molecule has 0 spiro atoms. The highest BCUT2D eigenvalue weighted by molar-refractivity contribution is 5.43. The average Bonchev–Trinajstić information content (AvgIpc) is 2.52. The summed E-state index contributed by atoms with van der Waals surface area (Å²) in [5, 5.41) is 3.26. The maximum Gasteiger partial charge on any atom is 0.262 e. The molecule has 0 amide bonds. The van der Waals surface area contributed by atoms with Gasteiger partial charge in [0.15, 0.2) is 0 Å². The second-order valence-electron chi connectivity index (χ2n) is 5.58. The standard InChI is InChI=1S/C17H31N3O2/c1-5-6-7-8-9-10-11-12-13-18-17-19-14(2)15(21-3)16(20-17)22-4/h5-13H2,1-4H3,(H,18,19,20). The summed E-state index contributed by atoms with van der Waals surface area (Å²) in [5.41, 5.74) is 0.785. The van der Waals surface area contributed by atoms with Crippen molar-refractivity contribution in [3.63, 3.8) is 0 Å². The van der Waals surface area contributed by atoms with E-state index in [-0.39, 0.29) is 0 Å². The van der Waals surface area contributed by atoms with Crippen LogP contribution in [-0.4, -0.2) is 30.7 Å². The Bertz CT molecular complexity index is 425. The molecule has 1 N–H and O–H groups in total. The van der Waals surface area contributed by atoms with Crippen LogP contribution in [0.1, 0.15) is 64.0 Å². The summed E-state index contributed by atoms with van der Waals surface area (Å²) in [7, 11) is 3.19. The lowest BCUT2D eigenvalue weighted by Crippen LogP contribution is -2.08. The van der Waals surface area contributed by atoms with Crippen LogP contribution in [0, 0.1) is 6.92 Å². The number of hydrogen-bond donors (Lipinski definition) is 1. The molecule has 0 saturated heterocycles. The molecule has 0 aliphatic heterocycles. The molecular weight excluding hydrogens is 278 g/mol. The smallest absolute Gasteiger partial charge is 0.262 e. The topological polar surface area (TPSA) is 56.3 Å². The summed E-state index contributed by atoms with van der Waals surface area (Å²) < 4.78 is 10.5. The van der Waals surface area contributed by atoms with Gasteiger partial charge in [-0.2, -0.15) is 4.98 Å². The van der Waals surface area contributed by atoms with Crippen LogP contribution in [0.2, 0.25) is 0 Å². The number of hydrogen-bond acceptors (Lipinski definition) is 5. The van der Waals surface area contributed by atoms with Gasteiger partial charge >= 0.3 is 0 Å². The Morgan fingerprint density at radius 2 is 1.50 bits per heavy atom. The number of ether oxygens (including phenoxy) is 2. The minimum Gasteiger partial charge on any atom is -0.490 e. The highest BCUT2D eigenvalue weighted by atomic mass is 16.5. The molecule has 5 nitrogen and oxygen atoms in total. The maximum absolute atomic E-state index is 5.24. The molecule has 0 fully saturated rings. The van der Waals surface area contributed by atoms with E-state index in [9.17, 15) is 0 Å². The van der Waals surface area contributed by atoms with Gasteiger partial charge in [-0.15, -0.1) is 0 Å². The Kier molecular flexibility index (Phi) is 9.35. The maximum atomic E-state index is 5.24. The average molecular weight is 309 g/mol. The number of aromatic nitrogens is 2. The van der Waals surface area contributed by atoms with Gasteiger partial charge in [-0.1, -0.05) is 51.9 Å². The largest absolute Gasteiger partial charge is 0.490 e. The van der Waals surface area contributed by atoms with Gasteiger partial charge in [0.1, 0.15) is 0 Å². The van der Waals surface area contributed by atoms with Crippen LogP contribution < -0.4 is 14.8 Å². The Labute approximate surface area is 134 Å². The van der Waals surface area contributed by atoms with Crippen LogP contribution in [0.3, 0.4) is 0 Å². The zero-order valence-corrected chi connectivity index (χ0v) is 14.6. The highest BCUT2D eigenvalue weighted by Gasteiger charge is 2.12. The molecule has 0 aliphatic carbocycles. The van der Waals surface area contributed by atoms with E-state index in [4.69, 9.17) is 9.47 Å². The van der Waals surface area contributed by atoms with E-state index in [1.165, 1.54) is 44.9 Å². The predicted octanol–water partition coefficient (Wildman–Crippen LogP) is 4.35. The first kappa shape index (κ1) is 18.5. The first-order chi connectivity index (χ1) is 10.7. The zero-order chi connectivity index (χ0) is 16.2. The molecule has 1 rings (SSSR count). The lowest BCUT2D eigenvalue weighted by molar-refractivity contribution is 0.339. The molecule has 0 bridgehead atoms. The fourth-order valence-corrected chi connectivity index (χ4v) is 2.45. The molecule has 126 valence electrons. The van der Waals surface area contributed by atoms with Crippen LogP contribution in [0.4, 0.5) is 5.95 Å². The predicted molar refractivity (Wildman–Crippen MR) is 91.0 cm³/mol. The quantitative estimate of drug-likeness (QED) is 0.582. The van der Waals surface area contributed by atoms with E-state index in [2.05, 4.69) is 22.2 Å². The number of nitrogens with zero attached hydrogens (tertiary/aromatic N) is 2. The van der Waals surface area contributed by atoms with Gasteiger partial charge in [-0.3, -0.25) is 0 Å². The molecule has 22 heavy (non-hydrogen) atoms. The molecule has 0 unspecified atom stereocenters. The van der Waals surface area contributed by atoms with Gasteiger partial charge in [0.2, 0.25) is 11.7 Å². The molecule has 0 saturated carbocycles. The van der Waals surface area contributed by atoms with E-state index in [1.807, 2.05) is 6.92 Å². The Morgan fingerprint density at radius 3 is 2.09 bits per heavy atom. The number of anilines is 1. The monoisotopic (exact) mass is 309 g/mol. The second kappa shape index (κ2) is 11.1. The molecule has 1 aromatic rings. The normalized spacial score (nSPS) is 10.5. The van der Waals surface area contributed by atoms with Gasteiger partial charge in [-0.25, -0.2) is 4.98 Å². The van der Waals surface area contributed by atoms with Crippen molar-refractivity contribution >= 4 is 5.95 Å². The Balaban J connectivity index is 2.24. The third-order valence-electron chi connectivity index (χ3n) is 3.71. The number of unbranched alkanes of at least 4 members (excludes halogenated alkanes) is 7. The molecule has 1 heterocycles. The fraction of sp³-hybridized carbons (Fsp3) is 0.765. The fourth-order valence-electron chi connectivity index (χ4n) is 2.45. The van der Waals surface area contributed by atoms with Crippen LogP contribution in [-0.2, 0) is 0 Å². The highest BCUT2D eigenvalue weighted by Crippen LogP contribution is 2.28. The summed E-state index contributed by atoms with van der Waals surface area (Å²) in [6.45, 7) is 5.04. The Morgan fingerprint density at radius 1 is 0.864 bits per heavy atom. The van der Waals surface area contributed by atoms with E-state index in [0.717, 1.165) is 18.7 Å². The molecule has 0 radical (unpaired) electrons. The first-order valence-electron chi connectivity index (χ1n) is 8.43. The van der Waals surface area contributed by atoms with Gasteiger partial charge in [0.05, 0.1) is 19.9 Å². The van der Waals surface area contributed by atoms with E-state index < -0.39 is 0 Å². The summed E-state index contributed by atoms with van der Waals surface area (Å²) in [6, 6.07) is 0. The Hall–Kier alpha value is -1.52. The lowest BCUT2D eigenvalue weighted by atomic mass is 10.1. The summed E-state index contributed by atoms with van der Waals surface area (Å²) >= 11 is 0. The molecule has 0 aromatic carbocycles.